The molecule has 1 aliphatic rings. The highest BCUT2D eigenvalue weighted by Crippen LogP contribution is 2.28. The number of nitrogens with two attached hydrogens (primary N) is 1. The van der Waals surface area contributed by atoms with E-state index in [2.05, 4.69) is 20.9 Å². The van der Waals surface area contributed by atoms with E-state index in [9.17, 15) is 13.2 Å². The average molecular weight is 495 g/mol. The van der Waals surface area contributed by atoms with Crippen LogP contribution >= 0.6 is 24.0 Å². The highest BCUT2D eigenvalue weighted by atomic mass is 127. The minimum Gasteiger partial charge on any atom is -0.357 e. The number of benzene rings is 1. The summed E-state index contributed by atoms with van der Waals surface area (Å²) < 4.78 is 22.8. The summed E-state index contributed by atoms with van der Waals surface area (Å²) in [5.41, 5.74) is 0.741. The topological polar surface area (TPSA) is 126 Å². The van der Waals surface area contributed by atoms with E-state index in [0.29, 0.717) is 32.1 Å². The van der Waals surface area contributed by atoms with E-state index >= 15 is 0 Å². The first-order valence-electron chi connectivity index (χ1n) is 8.31. The van der Waals surface area contributed by atoms with Crippen LogP contribution in [-0.2, 0) is 21.4 Å². The highest BCUT2D eigenvalue weighted by Gasteiger charge is 2.28. The van der Waals surface area contributed by atoms with E-state index < -0.39 is 10.0 Å². The number of sulfonamides is 1. The van der Waals surface area contributed by atoms with Crippen molar-refractivity contribution < 1.29 is 13.2 Å². The Labute approximate surface area is 171 Å². The van der Waals surface area contributed by atoms with Crippen molar-refractivity contribution in [2.75, 3.05) is 19.6 Å². The van der Waals surface area contributed by atoms with Gasteiger partial charge in [-0.05, 0) is 37.5 Å². The molecule has 26 heavy (non-hydrogen) atoms. The summed E-state index contributed by atoms with van der Waals surface area (Å²) in [6, 6.07) is 6.39. The SMILES string of the molecule is CCNC(=NCc1cccc(S(N)(=O)=O)c1)NCCNC(=O)C1CC1.I. The molecule has 5 N–H and O–H groups in total. The minimum absolute atomic E-state index is 0. The van der Waals surface area contributed by atoms with E-state index in [1.165, 1.54) is 12.1 Å². The van der Waals surface area contributed by atoms with E-state index in [-0.39, 0.29) is 40.7 Å². The summed E-state index contributed by atoms with van der Waals surface area (Å²) in [6.45, 7) is 4.04. The zero-order valence-corrected chi connectivity index (χ0v) is 17.8. The standard InChI is InChI=1S/C16H25N5O3S.HI/c1-2-18-16(20-9-8-19-15(22)13-6-7-13)21-11-12-4-3-5-14(10-12)25(17,23)24;/h3-5,10,13H,2,6-9,11H2,1H3,(H,19,22)(H2,17,23,24)(H2,18,20,21);1H. The van der Waals surface area contributed by atoms with Crippen molar-refractivity contribution in [3.05, 3.63) is 29.8 Å². The van der Waals surface area contributed by atoms with Crippen LogP contribution in [0.2, 0.25) is 0 Å². The molecule has 2 rings (SSSR count). The maximum Gasteiger partial charge on any atom is 0.238 e. The van der Waals surface area contributed by atoms with Gasteiger partial charge in [-0.25, -0.2) is 18.5 Å². The maximum absolute atomic E-state index is 11.6. The molecule has 8 nitrogen and oxygen atoms in total. The van der Waals surface area contributed by atoms with Gasteiger partial charge in [0.2, 0.25) is 15.9 Å². The fraction of sp³-hybridized carbons (Fsp3) is 0.500. The van der Waals surface area contributed by atoms with Crippen LogP contribution in [0.4, 0.5) is 0 Å². The van der Waals surface area contributed by atoms with Gasteiger partial charge in [-0.1, -0.05) is 12.1 Å². The fourth-order valence-electron chi connectivity index (χ4n) is 2.19. The Kier molecular flexibility index (Phi) is 9.30. The van der Waals surface area contributed by atoms with Gasteiger partial charge in [0, 0.05) is 25.6 Å². The lowest BCUT2D eigenvalue weighted by Crippen LogP contribution is -2.41. The average Bonchev–Trinajstić information content (AvgIpc) is 3.40. The molecule has 0 unspecified atom stereocenters. The molecule has 1 aromatic rings. The van der Waals surface area contributed by atoms with E-state index in [4.69, 9.17) is 5.14 Å². The van der Waals surface area contributed by atoms with Crippen LogP contribution in [0.15, 0.2) is 34.2 Å². The summed E-state index contributed by atoms with van der Waals surface area (Å²) >= 11 is 0. The molecule has 0 heterocycles. The molecule has 1 saturated carbocycles. The van der Waals surface area contributed by atoms with Crippen LogP contribution in [-0.4, -0.2) is 39.9 Å². The first-order valence-corrected chi connectivity index (χ1v) is 9.86. The van der Waals surface area contributed by atoms with Crippen molar-refractivity contribution in [1.29, 1.82) is 0 Å². The Morgan fingerprint density at radius 1 is 1.23 bits per heavy atom. The van der Waals surface area contributed by atoms with E-state index in [1.54, 1.807) is 12.1 Å². The predicted molar refractivity (Wildman–Crippen MR) is 112 cm³/mol. The molecule has 10 heteroatoms. The molecule has 1 aliphatic carbocycles. The van der Waals surface area contributed by atoms with Crippen molar-refractivity contribution >= 4 is 45.9 Å². The Balaban J connectivity index is 0.00000338. The monoisotopic (exact) mass is 495 g/mol. The Bertz CT molecular complexity index is 735. The van der Waals surface area contributed by atoms with Gasteiger partial charge in [-0.2, -0.15) is 0 Å². The third-order valence-corrected chi connectivity index (χ3v) is 4.57. The summed E-state index contributed by atoms with van der Waals surface area (Å²) in [6.07, 6.45) is 1.97. The van der Waals surface area contributed by atoms with Crippen molar-refractivity contribution in [3.8, 4) is 0 Å². The first kappa shape index (κ1) is 22.6. The summed E-state index contributed by atoms with van der Waals surface area (Å²) in [5, 5.41) is 14.2. The van der Waals surface area contributed by atoms with Crippen molar-refractivity contribution in [2.45, 2.75) is 31.2 Å². The normalized spacial score (nSPS) is 14.3. The number of nitrogens with zero attached hydrogens (tertiary/aromatic N) is 1. The van der Waals surface area contributed by atoms with Crippen LogP contribution in [0.25, 0.3) is 0 Å². The van der Waals surface area contributed by atoms with Crippen molar-refractivity contribution in [2.24, 2.45) is 16.0 Å². The maximum atomic E-state index is 11.6. The second kappa shape index (κ2) is 10.7. The third kappa shape index (κ3) is 7.87. The van der Waals surface area contributed by atoms with Gasteiger partial charge in [0.1, 0.15) is 0 Å². The largest absolute Gasteiger partial charge is 0.357 e. The predicted octanol–water partition coefficient (Wildman–Crippen LogP) is 0.533. The van der Waals surface area contributed by atoms with Gasteiger partial charge in [0.05, 0.1) is 11.4 Å². The summed E-state index contributed by atoms with van der Waals surface area (Å²) in [7, 11) is -3.72. The van der Waals surface area contributed by atoms with Crippen LogP contribution in [0.3, 0.4) is 0 Å². The second-order valence-corrected chi connectivity index (χ2v) is 7.44. The molecule has 0 atom stereocenters. The second-order valence-electron chi connectivity index (χ2n) is 5.88. The lowest BCUT2D eigenvalue weighted by atomic mass is 10.2. The first-order chi connectivity index (χ1) is 11.9. The number of hydrogen-bond donors (Lipinski definition) is 4. The fourth-order valence-corrected chi connectivity index (χ4v) is 2.77. The molecule has 0 bridgehead atoms. The number of primary sulfonamides is 1. The Morgan fingerprint density at radius 3 is 2.54 bits per heavy atom. The number of carbonyl (C=O) groups excluding carboxylic acids is 1. The number of carbonyl (C=O) groups is 1. The van der Waals surface area contributed by atoms with Gasteiger partial charge in [0.25, 0.3) is 0 Å². The molecule has 0 radical (unpaired) electrons. The smallest absolute Gasteiger partial charge is 0.238 e. The number of guanidine groups is 1. The quantitative estimate of drug-likeness (QED) is 0.181. The third-order valence-electron chi connectivity index (χ3n) is 3.66. The van der Waals surface area contributed by atoms with Gasteiger partial charge in [-0.15, -0.1) is 24.0 Å². The number of halogens is 1. The number of nitrogens with one attached hydrogen (secondary N) is 3. The lowest BCUT2D eigenvalue weighted by molar-refractivity contribution is -0.122. The molecule has 0 saturated heterocycles. The van der Waals surface area contributed by atoms with Gasteiger partial charge in [0.15, 0.2) is 5.96 Å². The number of hydrogen-bond acceptors (Lipinski definition) is 4. The molecule has 0 spiro atoms. The minimum atomic E-state index is -3.72. The number of aliphatic imine (C=N–C) groups is 1. The van der Waals surface area contributed by atoms with Gasteiger partial charge < -0.3 is 16.0 Å². The van der Waals surface area contributed by atoms with Crippen LogP contribution in [0.5, 0.6) is 0 Å². The van der Waals surface area contributed by atoms with Gasteiger partial charge in [-0.3, -0.25) is 4.79 Å². The molecule has 0 aromatic heterocycles. The lowest BCUT2D eigenvalue weighted by Gasteiger charge is -2.12. The van der Waals surface area contributed by atoms with Crippen molar-refractivity contribution in [3.63, 3.8) is 0 Å². The molecular formula is C16H26IN5O3S. The zero-order chi connectivity index (χ0) is 18.3. The van der Waals surface area contributed by atoms with Crippen LogP contribution in [0.1, 0.15) is 25.3 Å². The summed E-state index contributed by atoms with van der Waals surface area (Å²) in [5.74, 6) is 0.917. The van der Waals surface area contributed by atoms with Crippen molar-refractivity contribution in [1.82, 2.24) is 16.0 Å². The Morgan fingerprint density at radius 2 is 1.92 bits per heavy atom. The molecular weight excluding hydrogens is 469 g/mol. The van der Waals surface area contributed by atoms with Gasteiger partial charge >= 0.3 is 0 Å². The van der Waals surface area contributed by atoms with Crippen LogP contribution in [0, 0.1) is 5.92 Å². The molecule has 0 aliphatic heterocycles. The number of amides is 1. The zero-order valence-electron chi connectivity index (χ0n) is 14.7. The van der Waals surface area contributed by atoms with E-state index in [0.717, 1.165) is 18.4 Å². The summed E-state index contributed by atoms with van der Waals surface area (Å²) in [4.78, 5) is 16.0. The van der Waals surface area contributed by atoms with Crippen LogP contribution < -0.4 is 21.1 Å². The molecule has 146 valence electrons. The molecule has 1 aromatic carbocycles. The Hall–Kier alpha value is -1.40. The number of rotatable bonds is 8. The highest BCUT2D eigenvalue weighted by molar-refractivity contribution is 14.0. The van der Waals surface area contributed by atoms with E-state index in [1.807, 2.05) is 6.92 Å². The molecule has 1 amide bonds. The molecule has 1 fully saturated rings.